The van der Waals surface area contributed by atoms with Gasteiger partial charge in [-0.2, -0.15) is 4.31 Å². The summed E-state index contributed by atoms with van der Waals surface area (Å²) in [7, 11) is -3.63. The average Bonchev–Trinajstić information content (AvgIpc) is 3.08. The van der Waals surface area contributed by atoms with Crippen LogP contribution in [-0.4, -0.2) is 44.4 Å². The highest BCUT2D eigenvalue weighted by Crippen LogP contribution is 2.25. The van der Waals surface area contributed by atoms with Crippen LogP contribution < -0.4 is 10.9 Å². The minimum atomic E-state index is -3.63. The molecule has 1 fully saturated rings. The first-order chi connectivity index (χ1) is 11.4. The molecule has 1 saturated heterocycles. The molecule has 0 bridgehead atoms. The quantitative estimate of drug-likeness (QED) is 0.721. The minimum absolute atomic E-state index is 0.0360. The maximum Gasteiger partial charge on any atom is 0.426 e. The normalized spacial score (nSPS) is 15.1. The Morgan fingerprint density at radius 3 is 2.54 bits per heavy atom. The molecule has 1 aliphatic heterocycles. The highest BCUT2D eigenvalue weighted by molar-refractivity contribution is 9.10. The summed E-state index contributed by atoms with van der Waals surface area (Å²) in [5.74, 6) is -0.659. The lowest BCUT2D eigenvalue weighted by Crippen LogP contribution is -2.42. The van der Waals surface area contributed by atoms with Crippen molar-refractivity contribution in [1.82, 2.24) is 15.2 Å². The van der Waals surface area contributed by atoms with Crippen LogP contribution >= 0.6 is 15.9 Å². The minimum Gasteiger partial charge on any atom is -0.449 e. The number of amides is 2. The van der Waals surface area contributed by atoms with Crippen LogP contribution in [0.5, 0.6) is 0 Å². The van der Waals surface area contributed by atoms with Crippen molar-refractivity contribution in [3.8, 4) is 0 Å². The molecule has 24 heavy (non-hydrogen) atoms. The first-order valence-corrected chi connectivity index (χ1v) is 9.62. The van der Waals surface area contributed by atoms with E-state index in [0.717, 1.165) is 12.8 Å². The summed E-state index contributed by atoms with van der Waals surface area (Å²) >= 11 is 3.21. The molecule has 1 aromatic rings. The Labute approximate surface area is 148 Å². The highest BCUT2D eigenvalue weighted by atomic mass is 79.9. The number of hydrazine groups is 1. The van der Waals surface area contributed by atoms with Crippen molar-refractivity contribution in [2.45, 2.75) is 24.7 Å². The predicted octanol–water partition coefficient (Wildman–Crippen LogP) is 1.62. The van der Waals surface area contributed by atoms with Crippen LogP contribution in [0.4, 0.5) is 4.79 Å². The molecular weight excluding hydrogens is 402 g/mol. The van der Waals surface area contributed by atoms with Crippen LogP contribution in [0.15, 0.2) is 27.6 Å². The lowest BCUT2D eigenvalue weighted by atomic mass is 10.2. The van der Waals surface area contributed by atoms with Gasteiger partial charge in [-0.15, -0.1) is 0 Å². The summed E-state index contributed by atoms with van der Waals surface area (Å²) in [6, 6.07) is 4.20. The van der Waals surface area contributed by atoms with Gasteiger partial charge >= 0.3 is 6.09 Å². The van der Waals surface area contributed by atoms with E-state index in [9.17, 15) is 18.0 Å². The molecule has 2 N–H and O–H groups in total. The Balaban J connectivity index is 2.19. The van der Waals surface area contributed by atoms with Gasteiger partial charge < -0.3 is 4.74 Å². The van der Waals surface area contributed by atoms with Gasteiger partial charge in [0, 0.05) is 17.6 Å². The second kappa shape index (κ2) is 7.95. The van der Waals surface area contributed by atoms with E-state index in [1.54, 1.807) is 6.92 Å². The van der Waals surface area contributed by atoms with Gasteiger partial charge in [-0.25, -0.2) is 18.6 Å². The zero-order chi connectivity index (χ0) is 17.7. The molecular formula is C14H18BrN3O5S. The molecule has 1 aliphatic rings. The Hall–Kier alpha value is -1.65. The third-order valence-electron chi connectivity index (χ3n) is 3.44. The zero-order valence-electron chi connectivity index (χ0n) is 13.0. The number of nitrogens with zero attached hydrogens (tertiary/aromatic N) is 1. The van der Waals surface area contributed by atoms with Crippen LogP contribution in [0.1, 0.15) is 30.1 Å². The second-order valence-electron chi connectivity index (χ2n) is 5.05. The Bertz CT molecular complexity index is 732. The third-order valence-corrected chi connectivity index (χ3v) is 6.02. The largest absolute Gasteiger partial charge is 0.449 e. The fourth-order valence-corrected chi connectivity index (χ4v) is 4.23. The van der Waals surface area contributed by atoms with Gasteiger partial charge in [0.1, 0.15) is 0 Å². The van der Waals surface area contributed by atoms with Crippen molar-refractivity contribution in [3.05, 3.63) is 28.2 Å². The Morgan fingerprint density at radius 2 is 1.92 bits per heavy atom. The molecule has 0 aliphatic carbocycles. The highest BCUT2D eigenvalue weighted by Gasteiger charge is 2.28. The maximum absolute atomic E-state index is 12.6. The van der Waals surface area contributed by atoms with Crippen molar-refractivity contribution in [1.29, 1.82) is 0 Å². The van der Waals surface area contributed by atoms with Gasteiger partial charge in [0.15, 0.2) is 0 Å². The van der Waals surface area contributed by atoms with E-state index in [4.69, 9.17) is 0 Å². The first kappa shape index (κ1) is 18.7. The second-order valence-corrected chi connectivity index (χ2v) is 7.84. The SMILES string of the molecule is CCOC(=O)NNC(=O)c1cc(S(=O)(=O)N2CCCC2)ccc1Br. The van der Waals surface area contributed by atoms with Crippen LogP contribution in [-0.2, 0) is 14.8 Å². The van der Waals surface area contributed by atoms with Crippen LogP contribution in [0.3, 0.4) is 0 Å². The molecule has 10 heteroatoms. The third kappa shape index (κ3) is 4.25. The summed E-state index contributed by atoms with van der Waals surface area (Å²) in [4.78, 5) is 23.4. The number of ether oxygens (including phenoxy) is 1. The molecule has 132 valence electrons. The summed E-state index contributed by atoms with van der Waals surface area (Å²) in [5, 5.41) is 0. The van der Waals surface area contributed by atoms with Crippen LogP contribution in [0.2, 0.25) is 0 Å². The number of hydrogen-bond donors (Lipinski definition) is 2. The standard InChI is InChI=1S/C14H18BrN3O5S/c1-2-23-14(20)17-16-13(19)11-9-10(5-6-12(11)15)24(21,22)18-7-3-4-8-18/h5-6,9H,2-4,7-8H2,1H3,(H,16,19)(H,17,20). The van der Waals surface area contributed by atoms with E-state index >= 15 is 0 Å². The van der Waals surface area contributed by atoms with Gasteiger partial charge in [-0.05, 0) is 53.9 Å². The van der Waals surface area contributed by atoms with E-state index in [1.165, 1.54) is 22.5 Å². The Morgan fingerprint density at radius 1 is 1.25 bits per heavy atom. The van der Waals surface area contributed by atoms with Gasteiger partial charge in [0.25, 0.3) is 5.91 Å². The predicted molar refractivity (Wildman–Crippen MR) is 89.8 cm³/mol. The number of carbonyl (C=O) groups excluding carboxylic acids is 2. The van der Waals surface area contributed by atoms with E-state index in [2.05, 4.69) is 31.5 Å². The molecule has 0 radical (unpaired) electrons. The summed E-state index contributed by atoms with van der Waals surface area (Å²) in [6.07, 6.45) is 0.849. The number of sulfonamides is 1. The molecule has 2 amide bonds. The molecule has 2 rings (SSSR count). The molecule has 0 atom stereocenters. The van der Waals surface area contributed by atoms with Crippen molar-refractivity contribution in [3.63, 3.8) is 0 Å². The molecule has 0 spiro atoms. The number of nitrogens with one attached hydrogen (secondary N) is 2. The van der Waals surface area contributed by atoms with Crippen molar-refractivity contribution in [2.75, 3.05) is 19.7 Å². The molecule has 0 saturated carbocycles. The van der Waals surface area contributed by atoms with E-state index in [1.807, 2.05) is 0 Å². The smallest absolute Gasteiger partial charge is 0.426 e. The number of benzene rings is 1. The van der Waals surface area contributed by atoms with Crippen molar-refractivity contribution in [2.24, 2.45) is 0 Å². The lowest BCUT2D eigenvalue weighted by molar-refractivity contribution is 0.0911. The van der Waals surface area contributed by atoms with Gasteiger partial charge in [0.2, 0.25) is 10.0 Å². The molecule has 1 heterocycles. The van der Waals surface area contributed by atoms with E-state index < -0.39 is 22.0 Å². The molecule has 0 unspecified atom stereocenters. The summed E-state index contributed by atoms with van der Waals surface area (Å²) in [5.41, 5.74) is 4.34. The van der Waals surface area contributed by atoms with E-state index in [-0.39, 0.29) is 17.1 Å². The van der Waals surface area contributed by atoms with E-state index in [0.29, 0.717) is 17.6 Å². The monoisotopic (exact) mass is 419 g/mol. The van der Waals surface area contributed by atoms with Crippen molar-refractivity contribution >= 4 is 38.0 Å². The number of halogens is 1. The number of rotatable bonds is 4. The number of hydrogen-bond acceptors (Lipinski definition) is 5. The van der Waals surface area contributed by atoms with Crippen LogP contribution in [0.25, 0.3) is 0 Å². The Kier molecular flexibility index (Phi) is 6.19. The fourth-order valence-electron chi connectivity index (χ4n) is 2.26. The lowest BCUT2D eigenvalue weighted by Gasteiger charge is -2.16. The maximum atomic E-state index is 12.6. The summed E-state index contributed by atoms with van der Waals surface area (Å²) < 4.78 is 31.6. The molecule has 0 aromatic heterocycles. The fraction of sp³-hybridized carbons (Fsp3) is 0.429. The summed E-state index contributed by atoms with van der Waals surface area (Å²) in [6.45, 7) is 2.74. The topological polar surface area (TPSA) is 105 Å². The average molecular weight is 420 g/mol. The first-order valence-electron chi connectivity index (χ1n) is 7.39. The number of carbonyl (C=O) groups is 2. The van der Waals surface area contributed by atoms with Crippen LogP contribution in [0, 0.1) is 0 Å². The van der Waals surface area contributed by atoms with Crippen molar-refractivity contribution < 1.29 is 22.7 Å². The van der Waals surface area contributed by atoms with Gasteiger partial charge in [-0.1, -0.05) is 0 Å². The molecule has 1 aromatic carbocycles. The van der Waals surface area contributed by atoms with Gasteiger partial charge in [0.05, 0.1) is 17.1 Å². The zero-order valence-corrected chi connectivity index (χ0v) is 15.4. The molecule has 8 nitrogen and oxygen atoms in total. The van der Waals surface area contributed by atoms with Gasteiger partial charge in [-0.3, -0.25) is 10.2 Å².